The van der Waals surface area contributed by atoms with Crippen LogP contribution in [0, 0.1) is 5.92 Å². The summed E-state index contributed by atoms with van der Waals surface area (Å²) in [5, 5.41) is 5.11. The Kier molecular flexibility index (Phi) is 8.53. The van der Waals surface area contributed by atoms with Crippen LogP contribution in [0.15, 0.2) is 65.1 Å². The van der Waals surface area contributed by atoms with E-state index in [-0.39, 0.29) is 36.3 Å². The van der Waals surface area contributed by atoms with Crippen molar-refractivity contribution in [3.05, 3.63) is 60.2 Å². The van der Waals surface area contributed by atoms with Crippen molar-refractivity contribution in [3.63, 3.8) is 0 Å². The summed E-state index contributed by atoms with van der Waals surface area (Å²) in [5.41, 5.74) is 0. The molecule has 1 saturated heterocycles. The van der Waals surface area contributed by atoms with Gasteiger partial charge in [-0.2, -0.15) is 4.31 Å². The smallest absolute Gasteiger partial charge is 0.248 e. The number of aromatic nitrogens is 2. The van der Waals surface area contributed by atoms with Gasteiger partial charge in [0.1, 0.15) is 11.8 Å². The molecule has 1 atom stereocenters. The Morgan fingerprint density at radius 1 is 1.05 bits per heavy atom. The van der Waals surface area contributed by atoms with Crippen molar-refractivity contribution in [2.24, 2.45) is 5.92 Å². The number of pyridine rings is 1. The molecule has 3 heterocycles. The average Bonchev–Trinajstić information content (AvgIpc) is 3.46. The zero-order valence-electron chi connectivity index (χ0n) is 21.4. The number of amides is 2. The molecule has 0 unspecified atom stereocenters. The summed E-state index contributed by atoms with van der Waals surface area (Å²) in [6.07, 6.45) is 9.28. The van der Waals surface area contributed by atoms with Gasteiger partial charge in [-0.05, 0) is 42.7 Å². The lowest BCUT2D eigenvalue weighted by molar-refractivity contribution is -0.142. The third-order valence-corrected chi connectivity index (χ3v) is 9.71. The summed E-state index contributed by atoms with van der Waals surface area (Å²) < 4.78 is 33.5. The summed E-state index contributed by atoms with van der Waals surface area (Å²) in [6.45, 7) is -0.0756. The molecule has 1 N–H and O–H groups in total. The maximum absolute atomic E-state index is 13.4. The molecule has 0 bridgehead atoms. The highest BCUT2D eigenvalue weighted by atomic mass is 32.2. The van der Waals surface area contributed by atoms with Gasteiger partial charge in [0.05, 0.1) is 11.4 Å². The number of nitrogens with one attached hydrogen (secondary N) is 1. The van der Waals surface area contributed by atoms with Gasteiger partial charge in [-0.25, -0.2) is 18.4 Å². The van der Waals surface area contributed by atoms with E-state index < -0.39 is 16.1 Å². The van der Waals surface area contributed by atoms with E-state index in [0.29, 0.717) is 29.1 Å². The van der Waals surface area contributed by atoms with Gasteiger partial charge in [-0.15, -0.1) is 11.3 Å². The normalized spacial score (nSPS) is 18.1. The second-order valence-corrected chi connectivity index (χ2v) is 12.6. The Bertz CT molecular complexity index is 1360. The number of nitrogens with zero attached hydrogens (tertiary/aromatic N) is 4. The van der Waals surface area contributed by atoms with Crippen LogP contribution in [-0.2, 0) is 19.6 Å². The number of carbonyl (C=O) groups excluding carboxylic acids is 2. The Labute approximate surface area is 232 Å². The van der Waals surface area contributed by atoms with Crippen LogP contribution < -0.4 is 10.1 Å². The SMILES string of the molecule is O=C(Nc1nccs1)[C@H](CC1CCCCC1)N1CCN(S(=O)(=O)c2ccc(Oc3ccccn3)cc2)CC1=O. The quantitative estimate of drug-likeness (QED) is 0.411. The number of ether oxygens (including phenoxy) is 1. The van der Waals surface area contributed by atoms with Crippen LogP contribution in [0.2, 0.25) is 0 Å². The van der Waals surface area contributed by atoms with Crippen molar-refractivity contribution < 1.29 is 22.7 Å². The Morgan fingerprint density at radius 3 is 2.51 bits per heavy atom. The summed E-state index contributed by atoms with van der Waals surface area (Å²) >= 11 is 1.32. The number of benzene rings is 1. The van der Waals surface area contributed by atoms with E-state index in [1.165, 1.54) is 34.2 Å². The molecular weight excluding hydrogens is 538 g/mol. The van der Waals surface area contributed by atoms with E-state index >= 15 is 0 Å². The number of rotatable bonds is 9. The van der Waals surface area contributed by atoms with Gasteiger partial charge >= 0.3 is 0 Å². The molecule has 0 spiro atoms. The number of piperazine rings is 1. The molecule has 39 heavy (non-hydrogen) atoms. The minimum atomic E-state index is -3.92. The highest BCUT2D eigenvalue weighted by Gasteiger charge is 2.39. The molecule has 12 heteroatoms. The molecule has 1 aliphatic carbocycles. The highest BCUT2D eigenvalue weighted by Crippen LogP contribution is 2.30. The Morgan fingerprint density at radius 2 is 1.85 bits per heavy atom. The molecule has 1 aliphatic heterocycles. The fraction of sp³-hybridized carbons (Fsp3) is 0.407. The first-order chi connectivity index (χ1) is 18.9. The van der Waals surface area contributed by atoms with Gasteiger partial charge in [-0.3, -0.25) is 9.59 Å². The van der Waals surface area contributed by atoms with Gasteiger partial charge in [0.15, 0.2) is 5.13 Å². The average molecular weight is 570 g/mol. The molecule has 2 amide bonds. The monoisotopic (exact) mass is 569 g/mol. The van der Waals surface area contributed by atoms with Crippen LogP contribution in [0.25, 0.3) is 0 Å². The zero-order valence-corrected chi connectivity index (χ0v) is 23.1. The number of carbonyl (C=O) groups is 2. The lowest BCUT2D eigenvalue weighted by Crippen LogP contribution is -2.58. The third-order valence-electron chi connectivity index (χ3n) is 7.17. The van der Waals surface area contributed by atoms with Crippen molar-refractivity contribution in [1.29, 1.82) is 0 Å². The number of thiazole rings is 1. The number of sulfonamides is 1. The molecular formula is C27H31N5O5S2. The first kappa shape index (κ1) is 27.2. The molecule has 2 aliphatic rings. The van der Waals surface area contributed by atoms with E-state index in [0.717, 1.165) is 25.7 Å². The van der Waals surface area contributed by atoms with E-state index in [9.17, 15) is 18.0 Å². The van der Waals surface area contributed by atoms with Gasteiger partial charge in [-0.1, -0.05) is 38.2 Å². The predicted octanol–water partition coefficient (Wildman–Crippen LogP) is 4.14. The maximum atomic E-state index is 13.4. The lowest BCUT2D eigenvalue weighted by Gasteiger charge is -2.39. The van der Waals surface area contributed by atoms with Crippen LogP contribution in [0.4, 0.5) is 5.13 Å². The zero-order chi connectivity index (χ0) is 27.2. The summed E-state index contributed by atoms with van der Waals surface area (Å²) in [5.74, 6) is 0.549. The highest BCUT2D eigenvalue weighted by molar-refractivity contribution is 7.89. The lowest BCUT2D eigenvalue weighted by atomic mass is 9.84. The molecule has 1 saturated carbocycles. The molecule has 206 valence electrons. The van der Waals surface area contributed by atoms with Gasteiger partial charge in [0.2, 0.25) is 27.7 Å². The largest absolute Gasteiger partial charge is 0.439 e. The van der Waals surface area contributed by atoms with Crippen molar-refractivity contribution in [2.45, 2.75) is 49.5 Å². The van der Waals surface area contributed by atoms with E-state index in [1.807, 2.05) is 0 Å². The van der Waals surface area contributed by atoms with Crippen LogP contribution in [-0.4, -0.2) is 65.1 Å². The van der Waals surface area contributed by atoms with Crippen molar-refractivity contribution in [3.8, 4) is 11.6 Å². The van der Waals surface area contributed by atoms with Crippen LogP contribution in [0.3, 0.4) is 0 Å². The molecule has 5 rings (SSSR count). The van der Waals surface area contributed by atoms with Crippen molar-refractivity contribution >= 4 is 38.3 Å². The second-order valence-electron chi connectivity index (χ2n) is 9.75. The summed E-state index contributed by atoms with van der Waals surface area (Å²) in [6, 6.07) is 10.6. The molecule has 1 aromatic carbocycles. The molecule has 2 fully saturated rings. The van der Waals surface area contributed by atoms with Gasteiger partial charge in [0.25, 0.3) is 0 Å². The predicted molar refractivity (Wildman–Crippen MR) is 147 cm³/mol. The number of hydrogen-bond donors (Lipinski definition) is 1. The second kappa shape index (κ2) is 12.2. The fourth-order valence-corrected chi connectivity index (χ4v) is 7.06. The van der Waals surface area contributed by atoms with Gasteiger partial charge < -0.3 is 15.0 Å². The van der Waals surface area contributed by atoms with Gasteiger partial charge in [0, 0.05) is 36.9 Å². The Hall–Kier alpha value is -3.35. The van der Waals surface area contributed by atoms with Crippen LogP contribution in [0.1, 0.15) is 38.5 Å². The molecule has 10 nitrogen and oxygen atoms in total. The van der Waals surface area contributed by atoms with Crippen LogP contribution in [0.5, 0.6) is 11.6 Å². The summed E-state index contributed by atoms with van der Waals surface area (Å²) in [7, 11) is -3.92. The van der Waals surface area contributed by atoms with Crippen LogP contribution >= 0.6 is 11.3 Å². The summed E-state index contributed by atoms with van der Waals surface area (Å²) in [4.78, 5) is 36.5. The first-order valence-corrected chi connectivity index (χ1v) is 15.4. The minimum absolute atomic E-state index is 0.0670. The third kappa shape index (κ3) is 6.63. The maximum Gasteiger partial charge on any atom is 0.248 e. The van der Waals surface area contributed by atoms with E-state index in [4.69, 9.17) is 4.74 Å². The standard InChI is InChI=1S/C27H31N5O5S2/c33-25-19-31(39(35,36)22-11-9-21(10-12-22)37-24-8-4-5-13-28-24)15-16-32(25)23(18-20-6-2-1-3-7-20)26(34)30-27-29-14-17-38-27/h4-5,8-14,17,20,23H,1-3,6-7,15-16,18-19H2,(H,29,30,34)/t23-/m0/s1. The minimum Gasteiger partial charge on any atom is -0.439 e. The fourth-order valence-electron chi connectivity index (χ4n) is 5.14. The Balaban J connectivity index is 1.27. The molecule has 2 aromatic heterocycles. The number of anilines is 1. The van der Waals surface area contributed by atoms with Crippen molar-refractivity contribution in [2.75, 3.05) is 25.0 Å². The molecule has 0 radical (unpaired) electrons. The first-order valence-electron chi connectivity index (χ1n) is 13.1. The number of hydrogen-bond acceptors (Lipinski definition) is 8. The molecule has 3 aromatic rings. The van der Waals surface area contributed by atoms with Crippen molar-refractivity contribution in [1.82, 2.24) is 19.2 Å². The topological polar surface area (TPSA) is 122 Å². The van der Waals surface area contributed by atoms with E-state index in [1.54, 1.807) is 53.0 Å². The van der Waals surface area contributed by atoms with E-state index in [2.05, 4.69) is 15.3 Å².